The quantitative estimate of drug-likeness (QED) is 0.312. The number of rotatable bonds is 2. The first-order chi connectivity index (χ1) is 26.5. The second-order valence-corrected chi connectivity index (χ2v) is 18.5. The molecule has 11 aliphatic rings. The van der Waals surface area contributed by atoms with Gasteiger partial charge in [-0.3, -0.25) is 4.79 Å². The molecule has 0 aromatic heterocycles. The van der Waals surface area contributed by atoms with Crippen molar-refractivity contribution in [2.24, 2.45) is 11.8 Å². The largest absolute Gasteiger partial charge is 0.459 e. The standard InChI is InChI=1S/C42H60O13/c1-19-13-23-5-7-27-20(2)14-25(46-27)9-11-42-18-33-38(54-42)39-40(52-33)41(55-42)37-29(51-39)8-6-24(48-37)15-34(45)53-36-22(4)35-31(16-26(44)28(50-35)10-12-43)49-32(36)17-30(47-23)21(19)3/h19,22-33,35-41,43-44H,2-3,5-18H2,1,4H3/t19-,22+,23+,24-,25?,26-,27?,28?,29+,30-,31+,32?,33-,35+,36-,37+,38+,39+,40-,41+,42+/m1/s1. The highest BCUT2D eigenvalue weighted by atomic mass is 16.8. The molecule has 11 heterocycles. The lowest BCUT2D eigenvalue weighted by Gasteiger charge is -2.51. The van der Waals surface area contributed by atoms with Crippen LogP contribution in [0.15, 0.2) is 24.3 Å². The van der Waals surface area contributed by atoms with Crippen LogP contribution in [0.4, 0.5) is 0 Å². The van der Waals surface area contributed by atoms with E-state index in [4.69, 9.17) is 47.4 Å². The normalized spacial score (nSPS) is 54.9. The number of hydrogen-bond donors (Lipinski definition) is 2. The lowest BCUT2D eigenvalue weighted by atomic mass is 9.79. The Balaban J connectivity index is 0.934. The van der Waals surface area contributed by atoms with Crippen molar-refractivity contribution in [3.63, 3.8) is 0 Å². The lowest BCUT2D eigenvalue weighted by molar-refractivity contribution is -0.293. The Morgan fingerprint density at radius 1 is 0.673 bits per heavy atom. The van der Waals surface area contributed by atoms with Gasteiger partial charge < -0.3 is 57.6 Å². The maximum absolute atomic E-state index is 14.0. The predicted octanol–water partition coefficient (Wildman–Crippen LogP) is 3.59. The van der Waals surface area contributed by atoms with Gasteiger partial charge in [-0.15, -0.1) is 0 Å². The summed E-state index contributed by atoms with van der Waals surface area (Å²) in [6.07, 6.45) is 2.38. The van der Waals surface area contributed by atoms with Crippen molar-refractivity contribution >= 4 is 5.97 Å². The molecule has 13 heteroatoms. The van der Waals surface area contributed by atoms with Crippen LogP contribution in [-0.2, 0) is 52.2 Å². The first-order valence-electron chi connectivity index (χ1n) is 21.3. The van der Waals surface area contributed by atoms with Crippen LogP contribution < -0.4 is 0 Å². The molecule has 11 saturated heterocycles. The van der Waals surface area contributed by atoms with Crippen molar-refractivity contribution in [1.82, 2.24) is 0 Å². The summed E-state index contributed by atoms with van der Waals surface area (Å²) < 4.78 is 66.9. The molecule has 0 aliphatic carbocycles. The fourth-order valence-electron chi connectivity index (χ4n) is 11.9. The molecular weight excluding hydrogens is 712 g/mol. The summed E-state index contributed by atoms with van der Waals surface area (Å²) in [5.74, 6) is -1.18. The van der Waals surface area contributed by atoms with E-state index in [2.05, 4.69) is 20.1 Å². The molecule has 1 spiro atoms. The summed E-state index contributed by atoms with van der Waals surface area (Å²) in [6.45, 7) is 13.1. The van der Waals surface area contributed by atoms with E-state index in [9.17, 15) is 15.0 Å². The van der Waals surface area contributed by atoms with Crippen molar-refractivity contribution in [2.45, 2.75) is 213 Å². The molecule has 2 N–H and O–H groups in total. The minimum Gasteiger partial charge on any atom is -0.459 e. The van der Waals surface area contributed by atoms with E-state index in [1.165, 1.54) is 0 Å². The topological polar surface area (TPSA) is 150 Å². The van der Waals surface area contributed by atoms with Gasteiger partial charge in [0.15, 0.2) is 5.79 Å². The molecule has 0 radical (unpaired) electrons. The van der Waals surface area contributed by atoms with Crippen molar-refractivity contribution in [3.05, 3.63) is 24.3 Å². The van der Waals surface area contributed by atoms with Crippen molar-refractivity contribution in [3.8, 4) is 0 Å². The van der Waals surface area contributed by atoms with Gasteiger partial charge in [0.2, 0.25) is 0 Å². The number of hydrogen-bond acceptors (Lipinski definition) is 13. The number of carbonyl (C=O) groups is 1. The highest BCUT2D eigenvalue weighted by Gasteiger charge is 2.69. The van der Waals surface area contributed by atoms with Crippen LogP contribution in [0.3, 0.4) is 0 Å². The molecule has 13 nitrogen and oxygen atoms in total. The van der Waals surface area contributed by atoms with E-state index >= 15 is 0 Å². The van der Waals surface area contributed by atoms with Crippen LogP contribution in [0, 0.1) is 11.8 Å². The average Bonchev–Trinajstić information content (AvgIpc) is 3.74. The maximum atomic E-state index is 14.0. The smallest absolute Gasteiger partial charge is 0.308 e. The van der Waals surface area contributed by atoms with Gasteiger partial charge in [-0.05, 0) is 68.4 Å². The molecule has 0 aromatic rings. The summed E-state index contributed by atoms with van der Waals surface area (Å²) in [7, 11) is 0. The van der Waals surface area contributed by atoms with Gasteiger partial charge in [0, 0.05) is 38.2 Å². The molecular formula is C42H60O13. The first-order valence-corrected chi connectivity index (χ1v) is 21.3. The second kappa shape index (κ2) is 14.7. The number of carbonyl (C=O) groups excluding carboxylic acids is 1. The zero-order valence-corrected chi connectivity index (χ0v) is 32.2. The van der Waals surface area contributed by atoms with Gasteiger partial charge in [0.25, 0.3) is 0 Å². The minimum atomic E-state index is -0.808. The summed E-state index contributed by atoms with van der Waals surface area (Å²) in [6, 6.07) is 0. The highest BCUT2D eigenvalue weighted by molar-refractivity contribution is 5.70. The summed E-state index contributed by atoms with van der Waals surface area (Å²) >= 11 is 0. The maximum Gasteiger partial charge on any atom is 0.308 e. The van der Waals surface area contributed by atoms with Gasteiger partial charge >= 0.3 is 5.97 Å². The molecule has 0 aromatic carbocycles. The van der Waals surface area contributed by atoms with E-state index in [1.54, 1.807) is 0 Å². The van der Waals surface area contributed by atoms with Crippen LogP contribution in [-0.4, -0.2) is 138 Å². The molecule has 4 unspecified atom stereocenters. The molecule has 11 fully saturated rings. The number of ether oxygens (including phenoxy) is 10. The van der Waals surface area contributed by atoms with Crippen LogP contribution in [0.5, 0.6) is 0 Å². The zero-order valence-electron chi connectivity index (χ0n) is 32.2. The Labute approximate surface area is 323 Å². The Morgan fingerprint density at radius 2 is 1.42 bits per heavy atom. The van der Waals surface area contributed by atoms with E-state index in [1.807, 2.05) is 6.92 Å². The third-order valence-corrected chi connectivity index (χ3v) is 14.8. The Bertz CT molecular complexity index is 1490. The monoisotopic (exact) mass is 772 g/mol. The third kappa shape index (κ3) is 6.79. The zero-order chi connectivity index (χ0) is 37.7. The molecule has 55 heavy (non-hydrogen) atoms. The first kappa shape index (κ1) is 37.8. The minimum absolute atomic E-state index is 0.00281. The van der Waals surface area contributed by atoms with E-state index in [0.29, 0.717) is 38.5 Å². The van der Waals surface area contributed by atoms with Gasteiger partial charge in [-0.2, -0.15) is 0 Å². The number of aliphatic hydroxyl groups is 2. The number of esters is 1. The molecule has 21 atom stereocenters. The van der Waals surface area contributed by atoms with E-state index in [-0.39, 0.29) is 98.0 Å². The number of aliphatic hydroxyl groups excluding tert-OH is 2. The van der Waals surface area contributed by atoms with E-state index < -0.39 is 48.5 Å². The van der Waals surface area contributed by atoms with Gasteiger partial charge in [-0.1, -0.05) is 27.0 Å². The fraction of sp³-hybridized carbons (Fsp3) is 0.881. The van der Waals surface area contributed by atoms with Crippen LogP contribution in [0.1, 0.15) is 97.3 Å². The van der Waals surface area contributed by atoms with Crippen LogP contribution in [0.25, 0.3) is 0 Å². The van der Waals surface area contributed by atoms with Crippen LogP contribution >= 0.6 is 0 Å². The van der Waals surface area contributed by atoms with Crippen LogP contribution in [0.2, 0.25) is 0 Å². The van der Waals surface area contributed by atoms with Crippen molar-refractivity contribution < 1.29 is 62.4 Å². The fourth-order valence-corrected chi connectivity index (χ4v) is 11.9. The predicted molar refractivity (Wildman–Crippen MR) is 193 cm³/mol. The third-order valence-electron chi connectivity index (χ3n) is 14.8. The molecule has 306 valence electrons. The van der Waals surface area contributed by atoms with Crippen molar-refractivity contribution in [2.75, 3.05) is 6.61 Å². The average molecular weight is 773 g/mol. The lowest BCUT2D eigenvalue weighted by Crippen LogP contribution is -2.62. The van der Waals surface area contributed by atoms with Gasteiger partial charge in [0.1, 0.15) is 36.6 Å². The summed E-state index contributed by atoms with van der Waals surface area (Å²) in [4.78, 5) is 14.0. The van der Waals surface area contributed by atoms with Crippen molar-refractivity contribution in [1.29, 1.82) is 0 Å². The summed E-state index contributed by atoms with van der Waals surface area (Å²) in [5, 5.41) is 20.6. The van der Waals surface area contributed by atoms with Gasteiger partial charge in [-0.25, -0.2) is 0 Å². The molecule has 0 saturated carbocycles. The molecule has 11 rings (SSSR count). The molecule has 11 aliphatic heterocycles. The summed E-state index contributed by atoms with van der Waals surface area (Å²) in [5.41, 5.74) is 2.14. The molecule has 12 bridgehead atoms. The molecule has 0 amide bonds. The SMILES string of the molecule is C=C1CC2CC[C@@]34C[C@H]5O[C@H]6[C@@H](O3)[C@H]3O[C@H](CC[C@@H]3O[C@H]6[C@H]5O4)CC(=O)O[C@H]3C(C[C@H]4O[C@@H](CCC1O2)C[C@@H](C)C4=C)O[C@H]1C[C@@H](O)C(CCO)O[C@H]1[C@@H]3C. The Kier molecular flexibility index (Phi) is 10.1. The number of fused-ring (bicyclic) bond motifs is 7. The van der Waals surface area contributed by atoms with Gasteiger partial charge in [0.05, 0.1) is 79.7 Å². The van der Waals surface area contributed by atoms with E-state index in [0.717, 1.165) is 49.7 Å². The Morgan fingerprint density at radius 3 is 2.27 bits per heavy atom. The second-order valence-electron chi connectivity index (χ2n) is 18.5. The highest BCUT2D eigenvalue weighted by Crippen LogP contribution is 2.54. The Hall–Kier alpha value is -1.49.